The summed E-state index contributed by atoms with van der Waals surface area (Å²) in [5.41, 5.74) is 3.26. The molecule has 0 N–H and O–H groups in total. The Bertz CT molecular complexity index is 4700. The lowest BCUT2D eigenvalue weighted by Gasteiger charge is -2.21. The molecular weight excluding hydrogens is 854 g/mol. The van der Waals surface area contributed by atoms with Crippen molar-refractivity contribution < 1.29 is 0 Å². The van der Waals surface area contributed by atoms with Gasteiger partial charge in [0.1, 0.15) is 11.3 Å². The predicted molar refractivity (Wildman–Crippen MR) is 260 cm³/mol. The van der Waals surface area contributed by atoms with Gasteiger partial charge in [-0.2, -0.15) is 0 Å². The van der Waals surface area contributed by atoms with Gasteiger partial charge in [-0.05, 0) is 93.0 Å². The van der Waals surface area contributed by atoms with Gasteiger partial charge in [0, 0.05) is 84.7 Å². The van der Waals surface area contributed by atoms with E-state index in [9.17, 15) is 4.79 Å². The molecule has 15 aromatic rings. The van der Waals surface area contributed by atoms with Crippen LogP contribution in [0.1, 0.15) is 0 Å². The van der Waals surface area contributed by atoms with Crippen molar-refractivity contribution in [2.24, 2.45) is 0 Å². The molecule has 6 nitrogen and oxygen atoms in total. The van der Waals surface area contributed by atoms with Gasteiger partial charge in [-0.25, -0.2) is 9.97 Å². The zero-order valence-electron chi connectivity index (χ0n) is 31.7. The van der Waals surface area contributed by atoms with Crippen LogP contribution in [0.4, 0.5) is 0 Å². The normalized spacial score (nSPS) is 13.0. The van der Waals surface area contributed by atoms with Gasteiger partial charge in [0.05, 0.1) is 32.8 Å². The van der Waals surface area contributed by atoms with Crippen LogP contribution in [-0.4, -0.2) is 18.8 Å². The third-order valence-corrected chi connectivity index (χ3v) is 14.7. The Labute approximate surface area is 366 Å². The number of nitrogens with zero attached hydrogens (tertiary/aromatic N) is 4. The topological polar surface area (TPSA) is 68.7 Å². The highest BCUT2D eigenvalue weighted by atomic mass is 35.5. The van der Waals surface area contributed by atoms with E-state index in [2.05, 4.69) is 48.5 Å². The van der Waals surface area contributed by atoms with E-state index in [1.807, 2.05) is 60.7 Å². The van der Waals surface area contributed by atoms with Crippen molar-refractivity contribution in [2.75, 3.05) is 0 Å². The first-order chi connectivity index (χ1) is 30.2. The first-order valence-electron chi connectivity index (χ1n) is 20.0. The number of rotatable bonds is 0. The Kier molecular flexibility index (Phi) is 6.10. The lowest BCUT2D eigenvalue weighted by atomic mass is 9.86. The highest BCUT2D eigenvalue weighted by molar-refractivity contribution is 6.56. The fourth-order valence-electron chi connectivity index (χ4n) is 11.0. The fourth-order valence-corrected chi connectivity index (χ4v) is 12.1. The largest absolute Gasteiger partial charge is 0.268 e. The van der Waals surface area contributed by atoms with E-state index in [-0.39, 0.29) is 11.1 Å². The SMILES string of the molecule is O=c1c2cc(Cl)c3c4c(Cl)cc5c(=O)n6c(nc7ccc8cc9ccccc9cc8c76)c6cc(Cl)c(c7c(Cl)cc(c2c37)c2nc3c7cc8ccccc8cc7ccc3n12)c4c56. The summed E-state index contributed by atoms with van der Waals surface area (Å²) in [6.45, 7) is 0. The third kappa shape index (κ3) is 3.88. The first-order valence-corrected chi connectivity index (χ1v) is 21.5. The maximum absolute atomic E-state index is 15.1. The molecule has 288 valence electrons. The standard InChI is InChI=1S/C52H20Cl4N4O2/c53-33-17-29-39-32(52(62)60-48-28-16-24-8-4-2-6-22(24)14-26(28)9-11-37(48)57-49(29)60)20-36(56)44-43-35(55)19-31-40-30(18-34(54)42(46(40)43)41(33)45(39)44)50-58-47-27-15-23-7-3-1-5-21(23)13-25(27)10-12-38(47)59(50)51(31)61/h1-20H. The van der Waals surface area contributed by atoms with Gasteiger partial charge in [-0.15, -0.1) is 0 Å². The van der Waals surface area contributed by atoms with Crippen LogP contribution in [-0.2, 0) is 0 Å². The second-order valence-electron chi connectivity index (χ2n) is 16.5. The van der Waals surface area contributed by atoms with Crippen LogP contribution in [0.25, 0.3) is 141 Å². The highest BCUT2D eigenvalue weighted by Crippen LogP contribution is 2.53. The summed E-state index contributed by atoms with van der Waals surface area (Å²) in [6, 6.07) is 40.1. The minimum Gasteiger partial charge on any atom is -0.268 e. The van der Waals surface area contributed by atoms with Crippen LogP contribution in [0.3, 0.4) is 0 Å². The molecule has 0 amide bonds. The zero-order chi connectivity index (χ0) is 41.2. The number of halogens is 4. The summed E-state index contributed by atoms with van der Waals surface area (Å²) >= 11 is 29.8. The second-order valence-corrected chi connectivity index (χ2v) is 18.1. The van der Waals surface area contributed by atoms with Crippen LogP contribution < -0.4 is 11.1 Å². The van der Waals surface area contributed by atoms with Crippen molar-refractivity contribution >= 4 is 187 Å². The van der Waals surface area contributed by atoms with Crippen LogP contribution in [0.2, 0.25) is 20.1 Å². The minimum absolute atomic E-state index is 0.254. The maximum Gasteiger partial charge on any atom is 0.264 e. The smallest absolute Gasteiger partial charge is 0.264 e. The summed E-state index contributed by atoms with van der Waals surface area (Å²) in [7, 11) is 0. The fraction of sp³-hybridized carbons (Fsp3) is 0. The van der Waals surface area contributed by atoms with Crippen molar-refractivity contribution in [3.63, 3.8) is 0 Å². The molecule has 10 heteroatoms. The minimum atomic E-state index is -0.255. The summed E-state index contributed by atoms with van der Waals surface area (Å²) in [5, 5.41) is 16.9. The lowest BCUT2D eigenvalue weighted by Crippen LogP contribution is -2.14. The molecule has 62 heavy (non-hydrogen) atoms. The lowest BCUT2D eigenvalue weighted by molar-refractivity contribution is 1.19. The van der Waals surface area contributed by atoms with Gasteiger partial charge < -0.3 is 0 Å². The molecule has 0 saturated carbocycles. The van der Waals surface area contributed by atoms with Crippen molar-refractivity contribution in [3.05, 3.63) is 162 Å². The molecule has 4 heterocycles. The van der Waals surface area contributed by atoms with E-state index in [1.54, 1.807) is 20.9 Å². The van der Waals surface area contributed by atoms with E-state index < -0.39 is 0 Å². The molecule has 0 unspecified atom stereocenters. The molecule has 0 aliphatic rings. The first kappa shape index (κ1) is 33.9. The molecular formula is C52H20Cl4N4O2. The molecule has 15 rings (SSSR count). The third-order valence-electron chi connectivity index (χ3n) is 13.5. The van der Waals surface area contributed by atoms with Gasteiger partial charge in [-0.3, -0.25) is 18.4 Å². The molecule has 0 radical (unpaired) electrons. The Balaban J connectivity index is 1.12. The van der Waals surface area contributed by atoms with E-state index in [1.165, 1.54) is 0 Å². The van der Waals surface area contributed by atoms with Crippen LogP contribution in [0.5, 0.6) is 0 Å². The second kappa shape index (κ2) is 11.2. The van der Waals surface area contributed by atoms with Gasteiger partial charge >= 0.3 is 0 Å². The molecule has 0 aliphatic carbocycles. The highest BCUT2D eigenvalue weighted by Gasteiger charge is 2.29. The molecule has 0 atom stereocenters. The van der Waals surface area contributed by atoms with Crippen molar-refractivity contribution in [3.8, 4) is 0 Å². The van der Waals surface area contributed by atoms with Gasteiger partial charge in [0.25, 0.3) is 11.1 Å². The summed E-state index contributed by atoms with van der Waals surface area (Å²) in [5.74, 6) is 0. The molecule has 11 aromatic carbocycles. The van der Waals surface area contributed by atoms with Crippen molar-refractivity contribution in [2.45, 2.75) is 0 Å². The van der Waals surface area contributed by atoms with E-state index in [0.29, 0.717) is 118 Å². The number of fused-ring (bicyclic) bond motifs is 16. The Hall–Kier alpha value is -6.80. The Morgan fingerprint density at radius 3 is 1.39 bits per heavy atom. The number of benzene rings is 11. The molecule has 0 spiro atoms. The van der Waals surface area contributed by atoms with Crippen LogP contribution in [0.15, 0.2) is 131 Å². The van der Waals surface area contributed by atoms with Crippen LogP contribution >= 0.6 is 46.4 Å². The number of imidazole rings is 2. The molecule has 0 aliphatic heterocycles. The molecule has 4 aromatic heterocycles. The predicted octanol–water partition coefficient (Wildman–Crippen LogP) is 14.5. The van der Waals surface area contributed by atoms with E-state index in [4.69, 9.17) is 56.4 Å². The molecule has 0 saturated heterocycles. The summed E-state index contributed by atoms with van der Waals surface area (Å²) < 4.78 is 3.37. The zero-order valence-corrected chi connectivity index (χ0v) is 34.7. The van der Waals surface area contributed by atoms with E-state index >= 15 is 4.79 Å². The van der Waals surface area contributed by atoms with E-state index in [0.717, 1.165) is 43.1 Å². The summed E-state index contributed by atoms with van der Waals surface area (Å²) in [6.07, 6.45) is 0. The molecule has 0 bridgehead atoms. The average Bonchev–Trinajstić information content (AvgIpc) is 3.88. The number of pyridine rings is 2. The Morgan fingerprint density at radius 1 is 0.371 bits per heavy atom. The monoisotopic (exact) mass is 872 g/mol. The average molecular weight is 875 g/mol. The Morgan fingerprint density at radius 2 is 0.823 bits per heavy atom. The van der Waals surface area contributed by atoms with Gasteiger partial charge in [0.15, 0.2) is 0 Å². The van der Waals surface area contributed by atoms with Crippen LogP contribution in [0, 0.1) is 0 Å². The number of hydrogen-bond donors (Lipinski definition) is 0. The number of aromatic nitrogens is 4. The van der Waals surface area contributed by atoms with Gasteiger partial charge in [-0.1, -0.05) is 107 Å². The van der Waals surface area contributed by atoms with Crippen molar-refractivity contribution in [1.82, 2.24) is 18.8 Å². The summed E-state index contributed by atoms with van der Waals surface area (Å²) in [4.78, 5) is 40.3. The maximum atomic E-state index is 15.1. The number of hydrogen-bond acceptors (Lipinski definition) is 4. The van der Waals surface area contributed by atoms with Crippen molar-refractivity contribution in [1.29, 1.82) is 0 Å². The molecule has 0 fully saturated rings. The quantitative estimate of drug-likeness (QED) is 0.112. The van der Waals surface area contributed by atoms with Gasteiger partial charge in [0.2, 0.25) is 0 Å².